The van der Waals surface area contributed by atoms with Crippen molar-refractivity contribution in [3.63, 3.8) is 0 Å². The molecule has 3 aromatic rings. The first kappa shape index (κ1) is 27.3. The maximum atomic E-state index is 15.8. The normalized spacial score (nSPS) is 20.9. The van der Waals surface area contributed by atoms with E-state index in [-0.39, 0.29) is 23.9 Å². The van der Waals surface area contributed by atoms with E-state index in [9.17, 15) is 14.3 Å². The second kappa shape index (κ2) is 10.0. The topological polar surface area (TPSA) is 68.7 Å². The molecule has 1 aromatic heterocycles. The van der Waals surface area contributed by atoms with Crippen molar-refractivity contribution < 1.29 is 28.2 Å². The Hall–Kier alpha value is -3.32. The van der Waals surface area contributed by atoms with Gasteiger partial charge in [-0.3, -0.25) is 9.78 Å². The van der Waals surface area contributed by atoms with Gasteiger partial charge in [-0.05, 0) is 78.5 Å². The third kappa shape index (κ3) is 4.93. The van der Waals surface area contributed by atoms with Crippen LogP contribution in [0.1, 0.15) is 74.1 Å². The van der Waals surface area contributed by atoms with Gasteiger partial charge in [-0.15, -0.1) is 0 Å². The highest BCUT2D eigenvalue weighted by Crippen LogP contribution is 2.61. The van der Waals surface area contributed by atoms with Gasteiger partial charge in [0, 0.05) is 29.3 Å². The molecule has 0 radical (unpaired) electrons. The number of hydrogen-bond donors (Lipinski definition) is 1. The zero-order chi connectivity index (χ0) is 28.1. The molecule has 2 aromatic carbocycles. The SMILES string of the molecule is CO[C@H](c1cc(COc2ccc3c(c2F)[C@]2(CCC3)C[C@H]2C(=O)O)ccc1-c1cc(C)ncc1F)C(C)(C)C. The molecule has 1 spiro atoms. The first-order chi connectivity index (χ1) is 18.5. The number of fused-ring (bicyclic) bond motifs is 2. The van der Waals surface area contributed by atoms with Gasteiger partial charge in [-0.2, -0.15) is 0 Å². The van der Waals surface area contributed by atoms with Crippen LogP contribution in [0, 0.1) is 29.9 Å². The standard InChI is InChI=1S/C32H35F2NO4/c1-18-13-22(25(33)16-35-18)21-10-8-19(14-23(21)29(38-5)31(2,3)4)17-39-26-11-9-20-7-6-12-32(27(20)28(26)34)15-24(32)30(36)37/h8-11,13-14,16,24,29H,6-7,12,15,17H2,1-5H3,(H,36,37)/t24-,29+,32+/m0/s1. The highest BCUT2D eigenvalue weighted by Gasteiger charge is 2.62. The molecule has 1 N–H and O–H groups in total. The van der Waals surface area contributed by atoms with E-state index in [0.29, 0.717) is 35.2 Å². The smallest absolute Gasteiger partial charge is 0.307 e. The number of hydrogen-bond acceptors (Lipinski definition) is 4. The van der Waals surface area contributed by atoms with E-state index in [2.05, 4.69) is 25.8 Å². The number of methoxy groups -OCH3 is 1. The molecule has 0 amide bonds. The zero-order valence-corrected chi connectivity index (χ0v) is 23.1. The molecule has 0 saturated heterocycles. The molecule has 0 unspecified atom stereocenters. The fourth-order valence-electron chi connectivity index (χ4n) is 6.38. The van der Waals surface area contributed by atoms with E-state index in [0.717, 1.165) is 29.5 Å². The third-order valence-corrected chi connectivity index (χ3v) is 8.23. The van der Waals surface area contributed by atoms with Crippen molar-refractivity contribution in [1.29, 1.82) is 0 Å². The lowest BCUT2D eigenvalue weighted by Crippen LogP contribution is -2.23. The van der Waals surface area contributed by atoms with Crippen molar-refractivity contribution in [1.82, 2.24) is 4.98 Å². The van der Waals surface area contributed by atoms with Crippen molar-refractivity contribution in [2.75, 3.05) is 7.11 Å². The van der Waals surface area contributed by atoms with Gasteiger partial charge in [0.2, 0.25) is 0 Å². The summed E-state index contributed by atoms with van der Waals surface area (Å²) >= 11 is 0. The summed E-state index contributed by atoms with van der Waals surface area (Å²) in [6, 6.07) is 10.9. The van der Waals surface area contributed by atoms with Crippen LogP contribution in [0.5, 0.6) is 5.75 Å². The molecule has 1 heterocycles. The molecule has 5 nitrogen and oxygen atoms in total. The highest BCUT2D eigenvalue weighted by atomic mass is 19.1. The number of pyridine rings is 1. The predicted molar refractivity (Wildman–Crippen MR) is 145 cm³/mol. The maximum absolute atomic E-state index is 15.8. The zero-order valence-electron chi connectivity index (χ0n) is 23.1. The monoisotopic (exact) mass is 535 g/mol. The highest BCUT2D eigenvalue weighted by molar-refractivity contribution is 5.78. The molecule has 2 aliphatic carbocycles. The van der Waals surface area contributed by atoms with Crippen molar-refractivity contribution in [2.24, 2.45) is 11.3 Å². The lowest BCUT2D eigenvalue weighted by Gasteiger charge is -2.32. The molecule has 5 rings (SSSR count). The molecule has 0 aliphatic heterocycles. The van der Waals surface area contributed by atoms with Crippen LogP contribution in [0.2, 0.25) is 0 Å². The summed E-state index contributed by atoms with van der Waals surface area (Å²) in [5.41, 5.74) is 3.94. The Morgan fingerprint density at radius 3 is 2.62 bits per heavy atom. The summed E-state index contributed by atoms with van der Waals surface area (Å²) in [5.74, 6) is -2.16. The fourth-order valence-corrected chi connectivity index (χ4v) is 6.38. The minimum atomic E-state index is -0.867. The van der Waals surface area contributed by atoms with E-state index in [1.54, 1.807) is 19.2 Å². The van der Waals surface area contributed by atoms with Gasteiger partial charge >= 0.3 is 5.97 Å². The Morgan fingerprint density at radius 2 is 1.95 bits per heavy atom. The maximum Gasteiger partial charge on any atom is 0.307 e. The Labute approximate surface area is 228 Å². The molecule has 0 bridgehead atoms. The average Bonchev–Trinajstić information content (AvgIpc) is 3.59. The Bertz CT molecular complexity index is 1430. The van der Waals surface area contributed by atoms with Gasteiger partial charge in [0.1, 0.15) is 12.4 Å². The number of carboxylic acid groups (broad SMARTS) is 1. The number of aliphatic carboxylic acids is 1. The Morgan fingerprint density at radius 1 is 1.18 bits per heavy atom. The van der Waals surface area contributed by atoms with Crippen molar-refractivity contribution in [3.8, 4) is 16.9 Å². The van der Waals surface area contributed by atoms with Crippen LogP contribution in [0.25, 0.3) is 11.1 Å². The summed E-state index contributed by atoms with van der Waals surface area (Å²) in [4.78, 5) is 15.8. The molecule has 206 valence electrons. The largest absolute Gasteiger partial charge is 0.486 e. The second-order valence-electron chi connectivity index (χ2n) is 12.0. The van der Waals surface area contributed by atoms with Crippen molar-refractivity contribution in [2.45, 2.75) is 71.5 Å². The molecule has 2 aliphatic rings. The van der Waals surface area contributed by atoms with Gasteiger partial charge in [0.05, 0.1) is 18.2 Å². The lowest BCUT2D eigenvalue weighted by molar-refractivity contribution is -0.139. The summed E-state index contributed by atoms with van der Waals surface area (Å²) in [5, 5.41) is 9.60. The number of aromatic nitrogens is 1. The number of ether oxygens (including phenoxy) is 2. The predicted octanol–water partition coefficient (Wildman–Crippen LogP) is 7.33. The van der Waals surface area contributed by atoms with Crippen LogP contribution in [0.3, 0.4) is 0 Å². The molecular weight excluding hydrogens is 500 g/mol. The number of nitrogens with zero attached hydrogens (tertiary/aromatic N) is 1. The number of carboxylic acids is 1. The minimum Gasteiger partial charge on any atom is -0.486 e. The lowest BCUT2D eigenvalue weighted by atomic mass is 9.78. The van der Waals surface area contributed by atoms with Crippen LogP contribution < -0.4 is 4.74 Å². The number of carbonyl (C=O) groups is 1. The van der Waals surface area contributed by atoms with E-state index in [4.69, 9.17) is 9.47 Å². The molecular formula is C32H35F2NO4. The number of aryl methyl sites for hydroxylation is 2. The molecule has 1 fully saturated rings. The van der Waals surface area contributed by atoms with Gasteiger partial charge in [0.15, 0.2) is 11.6 Å². The number of halogens is 2. The van der Waals surface area contributed by atoms with Gasteiger partial charge in [0.25, 0.3) is 0 Å². The van der Waals surface area contributed by atoms with E-state index < -0.39 is 28.9 Å². The number of rotatable bonds is 7. The van der Waals surface area contributed by atoms with Crippen LogP contribution in [0.15, 0.2) is 42.6 Å². The summed E-state index contributed by atoms with van der Waals surface area (Å²) in [7, 11) is 1.64. The second-order valence-corrected chi connectivity index (χ2v) is 12.0. The summed E-state index contributed by atoms with van der Waals surface area (Å²) in [6.07, 6.45) is 3.63. The van der Waals surface area contributed by atoms with E-state index >= 15 is 4.39 Å². The van der Waals surface area contributed by atoms with Crippen LogP contribution in [0.4, 0.5) is 8.78 Å². The third-order valence-electron chi connectivity index (χ3n) is 8.23. The minimum absolute atomic E-state index is 0.0940. The van der Waals surface area contributed by atoms with Gasteiger partial charge < -0.3 is 14.6 Å². The Kier molecular flexibility index (Phi) is 7.00. The van der Waals surface area contributed by atoms with Gasteiger partial charge in [-0.1, -0.05) is 39.0 Å². The van der Waals surface area contributed by atoms with Crippen molar-refractivity contribution >= 4 is 5.97 Å². The van der Waals surface area contributed by atoms with E-state index in [1.807, 2.05) is 31.2 Å². The first-order valence-electron chi connectivity index (χ1n) is 13.4. The molecule has 3 atom stereocenters. The van der Waals surface area contributed by atoms with Gasteiger partial charge in [-0.25, -0.2) is 8.78 Å². The molecule has 1 saturated carbocycles. The summed E-state index contributed by atoms with van der Waals surface area (Å²) in [6.45, 7) is 8.09. The fraction of sp³-hybridized carbons (Fsp3) is 0.438. The molecule has 7 heteroatoms. The Balaban J connectivity index is 1.49. The van der Waals surface area contributed by atoms with E-state index in [1.165, 1.54) is 6.20 Å². The average molecular weight is 536 g/mol. The van der Waals surface area contributed by atoms with Crippen LogP contribution in [-0.4, -0.2) is 23.2 Å². The quantitative estimate of drug-likeness (QED) is 0.343. The van der Waals surface area contributed by atoms with Crippen LogP contribution >= 0.6 is 0 Å². The summed E-state index contributed by atoms with van der Waals surface area (Å²) < 4.78 is 42.6. The van der Waals surface area contributed by atoms with Crippen LogP contribution in [-0.2, 0) is 28.0 Å². The molecule has 39 heavy (non-hydrogen) atoms. The first-order valence-corrected chi connectivity index (χ1v) is 13.4. The number of benzene rings is 2. The van der Waals surface area contributed by atoms with Crippen molar-refractivity contribution in [3.05, 3.63) is 82.2 Å².